The molecule has 4 rings (SSSR count). The molecule has 0 unspecified atom stereocenters. The van der Waals surface area contributed by atoms with E-state index < -0.39 is 40.2 Å². The number of anilines is 1. The van der Waals surface area contributed by atoms with E-state index in [4.69, 9.17) is 23.2 Å². The second kappa shape index (κ2) is 8.94. The van der Waals surface area contributed by atoms with E-state index in [1.165, 1.54) is 18.2 Å². The molecule has 2 heterocycles. The van der Waals surface area contributed by atoms with Crippen LogP contribution in [0.15, 0.2) is 36.4 Å². The Morgan fingerprint density at radius 1 is 1.31 bits per heavy atom. The number of aliphatic hydroxyl groups is 1. The van der Waals surface area contributed by atoms with Crippen molar-refractivity contribution in [1.82, 2.24) is 4.90 Å². The number of carbonyl (C=O) groups excluding carboxylic acids is 1. The van der Waals surface area contributed by atoms with Gasteiger partial charge in [-0.3, -0.25) is 19.8 Å². The molecular weight excluding hydrogens is 460 g/mol. The van der Waals surface area contributed by atoms with Crippen molar-refractivity contribution >= 4 is 34.8 Å². The average molecular weight is 484 g/mol. The van der Waals surface area contributed by atoms with Crippen molar-refractivity contribution in [1.29, 1.82) is 0 Å². The molecule has 0 radical (unpaired) electrons. The molecule has 1 fully saturated rings. The summed E-state index contributed by atoms with van der Waals surface area (Å²) in [6.45, 7) is 1.73. The number of fused-ring (bicyclic) bond motifs is 2. The van der Waals surface area contributed by atoms with Gasteiger partial charge < -0.3 is 10.4 Å². The van der Waals surface area contributed by atoms with E-state index >= 15 is 4.39 Å². The fourth-order valence-electron chi connectivity index (χ4n) is 5.35. The Balaban J connectivity index is 0.00000289. The Morgan fingerprint density at radius 2 is 2.03 bits per heavy atom. The largest absolute Gasteiger partial charge is 0.396 e. The van der Waals surface area contributed by atoms with E-state index in [9.17, 15) is 20.0 Å². The molecule has 2 N–H and O–H groups in total. The van der Waals surface area contributed by atoms with Crippen molar-refractivity contribution in [2.45, 2.75) is 44.3 Å². The van der Waals surface area contributed by atoms with Gasteiger partial charge in [-0.05, 0) is 31.2 Å². The Morgan fingerprint density at radius 3 is 2.66 bits per heavy atom. The average Bonchev–Trinajstić information content (AvgIpc) is 3.16. The highest BCUT2D eigenvalue weighted by atomic mass is 35.5. The number of halogens is 3. The third-order valence-corrected chi connectivity index (χ3v) is 6.88. The fraction of sp³-hybridized carbons (Fsp3) is 0.409. The van der Waals surface area contributed by atoms with Crippen LogP contribution in [-0.2, 0) is 10.3 Å². The molecule has 0 aromatic heterocycles. The van der Waals surface area contributed by atoms with E-state index in [-0.39, 0.29) is 37.6 Å². The van der Waals surface area contributed by atoms with Crippen LogP contribution >= 0.6 is 23.2 Å². The number of hydrogen-bond acceptors (Lipinski definition) is 5. The lowest BCUT2D eigenvalue weighted by Gasteiger charge is -2.38. The SMILES string of the molecule is C.CCN1[C@@H](CCO)[C@@H]([N+](=O)[O-])[C@H](c2cccc(Cl)c2F)[C@]12C(=O)Nc1cc(Cl)ccc12. The van der Waals surface area contributed by atoms with Gasteiger partial charge in [0.2, 0.25) is 6.04 Å². The molecule has 172 valence electrons. The van der Waals surface area contributed by atoms with Crippen LogP contribution in [0.2, 0.25) is 10.0 Å². The third-order valence-electron chi connectivity index (χ3n) is 6.35. The van der Waals surface area contributed by atoms with E-state index in [1.54, 1.807) is 30.0 Å². The van der Waals surface area contributed by atoms with Crippen LogP contribution < -0.4 is 5.32 Å². The second-order valence-corrected chi connectivity index (χ2v) is 8.52. The number of benzene rings is 2. The van der Waals surface area contributed by atoms with Gasteiger partial charge in [-0.15, -0.1) is 0 Å². The number of likely N-dealkylation sites (tertiary alicyclic amines) is 1. The summed E-state index contributed by atoms with van der Waals surface area (Å²) in [6.07, 6.45) is 0.0517. The van der Waals surface area contributed by atoms with Crippen molar-refractivity contribution in [3.63, 3.8) is 0 Å². The molecule has 7 nitrogen and oxygen atoms in total. The normalized spacial score (nSPS) is 26.7. The molecule has 32 heavy (non-hydrogen) atoms. The summed E-state index contributed by atoms with van der Waals surface area (Å²) >= 11 is 12.1. The van der Waals surface area contributed by atoms with Crippen molar-refractivity contribution in [2.75, 3.05) is 18.5 Å². The zero-order valence-corrected chi connectivity index (χ0v) is 18.0. The number of aliphatic hydroxyl groups excluding tert-OH is 1. The zero-order valence-electron chi connectivity index (χ0n) is 16.5. The molecular formula is C22H24Cl2FN3O4. The van der Waals surface area contributed by atoms with Crippen molar-refractivity contribution in [2.24, 2.45) is 0 Å². The summed E-state index contributed by atoms with van der Waals surface area (Å²) in [5, 5.41) is 25.0. The molecule has 0 bridgehead atoms. The van der Waals surface area contributed by atoms with Crippen molar-refractivity contribution in [3.8, 4) is 0 Å². The molecule has 10 heteroatoms. The molecule has 2 aromatic rings. The molecule has 4 atom stereocenters. The molecule has 2 aliphatic heterocycles. The monoisotopic (exact) mass is 483 g/mol. The number of nitrogens with one attached hydrogen (secondary N) is 1. The molecule has 2 aliphatic rings. The minimum Gasteiger partial charge on any atom is -0.396 e. The van der Waals surface area contributed by atoms with Gasteiger partial charge in [-0.1, -0.05) is 55.8 Å². The van der Waals surface area contributed by atoms with Crippen LogP contribution in [0.1, 0.15) is 37.8 Å². The first-order valence-corrected chi connectivity index (χ1v) is 10.6. The molecule has 0 saturated carbocycles. The van der Waals surface area contributed by atoms with Gasteiger partial charge in [0, 0.05) is 33.4 Å². The lowest BCUT2D eigenvalue weighted by Crippen LogP contribution is -2.52. The first-order chi connectivity index (χ1) is 14.8. The lowest BCUT2D eigenvalue weighted by atomic mass is 9.73. The van der Waals surface area contributed by atoms with E-state index in [0.29, 0.717) is 16.3 Å². The number of rotatable bonds is 5. The van der Waals surface area contributed by atoms with E-state index in [2.05, 4.69) is 5.32 Å². The number of likely N-dealkylation sites (N-methyl/N-ethyl adjacent to an activating group) is 1. The smallest absolute Gasteiger partial charge is 0.250 e. The quantitative estimate of drug-likeness (QED) is 0.484. The second-order valence-electron chi connectivity index (χ2n) is 7.67. The Bertz CT molecular complexity index is 1070. The highest BCUT2D eigenvalue weighted by molar-refractivity contribution is 6.31. The summed E-state index contributed by atoms with van der Waals surface area (Å²) in [7, 11) is 0. The van der Waals surface area contributed by atoms with Gasteiger partial charge in [0.25, 0.3) is 5.91 Å². The van der Waals surface area contributed by atoms with Crippen LogP contribution in [0, 0.1) is 15.9 Å². The van der Waals surface area contributed by atoms with Gasteiger partial charge >= 0.3 is 0 Å². The van der Waals surface area contributed by atoms with Crippen LogP contribution in [0.25, 0.3) is 0 Å². The lowest BCUT2D eigenvalue weighted by molar-refractivity contribution is -0.528. The minimum atomic E-state index is -1.56. The maximum absolute atomic E-state index is 15.3. The van der Waals surface area contributed by atoms with Crippen molar-refractivity contribution in [3.05, 3.63) is 73.5 Å². The summed E-state index contributed by atoms with van der Waals surface area (Å²) in [5.74, 6) is -2.47. The molecule has 1 amide bonds. The Kier molecular flexibility index (Phi) is 6.81. The topological polar surface area (TPSA) is 95.7 Å². The predicted octanol–water partition coefficient (Wildman–Crippen LogP) is 4.43. The number of amides is 1. The number of hydrogen-bond donors (Lipinski definition) is 2. The molecule has 1 saturated heterocycles. The summed E-state index contributed by atoms with van der Waals surface area (Å²) in [4.78, 5) is 27.2. The van der Waals surface area contributed by atoms with Crippen LogP contribution in [0.4, 0.5) is 10.1 Å². The molecule has 1 spiro atoms. The predicted molar refractivity (Wildman–Crippen MR) is 121 cm³/mol. The molecule has 2 aromatic carbocycles. The van der Waals surface area contributed by atoms with Crippen LogP contribution in [-0.4, -0.2) is 46.1 Å². The van der Waals surface area contributed by atoms with Crippen molar-refractivity contribution < 1.29 is 19.2 Å². The third kappa shape index (κ3) is 3.28. The number of nitrogens with zero attached hydrogens (tertiary/aromatic N) is 2. The maximum atomic E-state index is 15.3. The summed E-state index contributed by atoms with van der Waals surface area (Å²) < 4.78 is 15.3. The summed E-state index contributed by atoms with van der Waals surface area (Å²) in [6, 6.07) is 6.96. The van der Waals surface area contributed by atoms with Gasteiger partial charge in [-0.25, -0.2) is 4.39 Å². The zero-order chi connectivity index (χ0) is 22.5. The molecule has 0 aliphatic carbocycles. The van der Waals surface area contributed by atoms with E-state index in [0.717, 1.165) is 0 Å². The van der Waals surface area contributed by atoms with Gasteiger partial charge in [-0.2, -0.15) is 0 Å². The first-order valence-electron chi connectivity index (χ1n) is 9.85. The van der Waals surface area contributed by atoms with E-state index in [1.807, 2.05) is 0 Å². The van der Waals surface area contributed by atoms with Crippen LogP contribution in [0.5, 0.6) is 0 Å². The Hall–Kier alpha value is -2.26. The van der Waals surface area contributed by atoms with Gasteiger partial charge in [0.15, 0.2) is 0 Å². The number of nitro groups is 1. The highest BCUT2D eigenvalue weighted by Crippen LogP contribution is 2.58. The van der Waals surface area contributed by atoms with Gasteiger partial charge in [0.05, 0.1) is 17.0 Å². The Labute approximate surface area is 195 Å². The first kappa shape index (κ1) is 24.4. The number of carbonyl (C=O) groups is 1. The standard InChI is InChI=1S/C21H20Cl2FN3O4.CH4/c1-2-26-16(8-9-28)19(27(30)31)17(12-4-3-5-14(23)18(12)24)21(26)13-7-6-11(22)10-15(13)25-20(21)29;/h3-7,10,16-17,19,28H,2,8-9H2,1H3,(H,25,29);1H4/t16-,17-,19+,21+;/m0./s1. The minimum absolute atomic E-state index is 0. The maximum Gasteiger partial charge on any atom is 0.250 e. The fourth-order valence-corrected chi connectivity index (χ4v) is 5.71. The van der Waals surface area contributed by atoms with Gasteiger partial charge in [0.1, 0.15) is 11.4 Å². The summed E-state index contributed by atoms with van der Waals surface area (Å²) in [5.41, 5.74) is -0.654. The highest BCUT2D eigenvalue weighted by Gasteiger charge is 2.70. The van der Waals surface area contributed by atoms with Crippen LogP contribution in [0.3, 0.4) is 0 Å².